The molecule has 0 aliphatic heterocycles. The highest BCUT2D eigenvalue weighted by Gasteiger charge is 2.22. The van der Waals surface area contributed by atoms with Gasteiger partial charge in [-0.1, -0.05) is 51.3 Å². The molecule has 0 bridgehead atoms. The van der Waals surface area contributed by atoms with Crippen molar-refractivity contribution in [2.75, 3.05) is 32.7 Å². The van der Waals surface area contributed by atoms with E-state index < -0.39 is 0 Å². The van der Waals surface area contributed by atoms with E-state index in [1.807, 2.05) is 0 Å². The van der Waals surface area contributed by atoms with Gasteiger partial charge in [-0.2, -0.15) is 0 Å². The van der Waals surface area contributed by atoms with Crippen LogP contribution >= 0.6 is 0 Å². The maximum Gasteiger partial charge on any atom is 0.0337 e. The van der Waals surface area contributed by atoms with Gasteiger partial charge < -0.3 is 16.0 Å². The van der Waals surface area contributed by atoms with Crippen LogP contribution in [0.25, 0.3) is 0 Å². The van der Waals surface area contributed by atoms with Crippen molar-refractivity contribution in [2.45, 2.75) is 46.0 Å². The Balaban J connectivity index is 1.77. The minimum absolute atomic E-state index is 0.198. The molecule has 2 rings (SSSR count). The zero-order valence-corrected chi connectivity index (χ0v) is 15.1. The third kappa shape index (κ3) is 6.92. The van der Waals surface area contributed by atoms with Crippen LogP contribution in [0.5, 0.6) is 0 Å². The summed E-state index contributed by atoms with van der Waals surface area (Å²) in [6, 6.07) is 0. The largest absolute Gasteiger partial charge is 0.384 e. The van der Waals surface area contributed by atoms with E-state index in [2.05, 4.69) is 54.4 Å². The molecule has 3 nitrogen and oxygen atoms in total. The number of allylic oxidation sites excluding steroid dienone is 5. The fraction of sp³-hybridized carbons (Fsp3) is 0.700. The third-order valence-electron chi connectivity index (χ3n) is 5.02. The number of rotatable bonds is 10. The first-order chi connectivity index (χ1) is 11.1. The van der Waals surface area contributed by atoms with Crippen LogP contribution in [0.4, 0.5) is 0 Å². The van der Waals surface area contributed by atoms with Gasteiger partial charge in [-0.15, -0.1) is 0 Å². The molecule has 0 aromatic rings. The van der Waals surface area contributed by atoms with Crippen LogP contribution in [0.3, 0.4) is 0 Å². The van der Waals surface area contributed by atoms with E-state index in [1.165, 1.54) is 37.9 Å². The van der Waals surface area contributed by atoms with Gasteiger partial charge in [0.05, 0.1) is 0 Å². The Kier molecular flexibility index (Phi) is 7.38. The minimum atomic E-state index is 0.198. The van der Waals surface area contributed by atoms with Gasteiger partial charge >= 0.3 is 0 Å². The molecule has 1 fully saturated rings. The summed E-state index contributed by atoms with van der Waals surface area (Å²) in [5.74, 6) is 0.976. The Labute approximate surface area is 142 Å². The summed E-state index contributed by atoms with van der Waals surface area (Å²) in [7, 11) is 0. The van der Waals surface area contributed by atoms with E-state index in [0.29, 0.717) is 0 Å². The smallest absolute Gasteiger partial charge is 0.0337 e. The van der Waals surface area contributed by atoms with Crippen LogP contribution in [0.2, 0.25) is 0 Å². The Morgan fingerprint density at radius 1 is 1.26 bits per heavy atom. The molecule has 0 saturated heterocycles. The second kappa shape index (κ2) is 9.29. The van der Waals surface area contributed by atoms with Crippen LogP contribution in [0, 0.1) is 11.3 Å². The highest BCUT2D eigenvalue weighted by Crippen LogP contribution is 2.29. The van der Waals surface area contributed by atoms with Crippen molar-refractivity contribution in [2.24, 2.45) is 17.1 Å². The summed E-state index contributed by atoms with van der Waals surface area (Å²) >= 11 is 0. The summed E-state index contributed by atoms with van der Waals surface area (Å²) in [5, 5.41) is 3.56. The average molecular weight is 318 g/mol. The summed E-state index contributed by atoms with van der Waals surface area (Å²) in [6.45, 7) is 9.69. The molecule has 0 atom stereocenters. The zero-order chi connectivity index (χ0) is 16.5. The van der Waals surface area contributed by atoms with Crippen molar-refractivity contribution >= 4 is 0 Å². The van der Waals surface area contributed by atoms with Gasteiger partial charge in [-0.05, 0) is 49.4 Å². The van der Waals surface area contributed by atoms with Crippen molar-refractivity contribution in [1.82, 2.24) is 10.2 Å². The molecule has 1 saturated carbocycles. The van der Waals surface area contributed by atoms with Gasteiger partial charge in [0, 0.05) is 25.3 Å². The fourth-order valence-electron chi connectivity index (χ4n) is 3.14. The summed E-state index contributed by atoms with van der Waals surface area (Å²) in [4.78, 5) is 2.61. The van der Waals surface area contributed by atoms with Gasteiger partial charge in [-0.25, -0.2) is 0 Å². The molecule has 0 radical (unpaired) electrons. The van der Waals surface area contributed by atoms with Gasteiger partial charge in [-0.3, -0.25) is 0 Å². The quantitative estimate of drug-likeness (QED) is 0.648. The van der Waals surface area contributed by atoms with Crippen molar-refractivity contribution < 1.29 is 0 Å². The molecule has 3 N–H and O–H groups in total. The third-order valence-corrected chi connectivity index (χ3v) is 5.02. The van der Waals surface area contributed by atoms with Crippen LogP contribution in [-0.4, -0.2) is 37.6 Å². The molecule has 0 aromatic heterocycles. The molecule has 0 amide bonds. The Morgan fingerprint density at radius 3 is 2.78 bits per heavy atom. The molecule has 0 unspecified atom stereocenters. The van der Waals surface area contributed by atoms with Crippen LogP contribution < -0.4 is 11.1 Å². The molecule has 3 heteroatoms. The Hall–Kier alpha value is -1.06. The van der Waals surface area contributed by atoms with E-state index in [1.54, 1.807) is 0 Å². The maximum atomic E-state index is 5.94. The second-order valence-corrected chi connectivity index (χ2v) is 7.85. The van der Waals surface area contributed by atoms with E-state index >= 15 is 0 Å². The lowest BCUT2D eigenvalue weighted by Crippen LogP contribution is -2.42. The lowest BCUT2D eigenvalue weighted by molar-refractivity contribution is 0.160. The van der Waals surface area contributed by atoms with Crippen LogP contribution in [0.15, 0.2) is 36.1 Å². The van der Waals surface area contributed by atoms with Gasteiger partial charge in [0.1, 0.15) is 0 Å². The summed E-state index contributed by atoms with van der Waals surface area (Å²) in [5.41, 5.74) is 7.36. The highest BCUT2D eigenvalue weighted by molar-refractivity contribution is 5.25. The number of nitrogens with one attached hydrogen (secondary N) is 1. The van der Waals surface area contributed by atoms with Crippen LogP contribution in [-0.2, 0) is 0 Å². The number of hydrogen-bond acceptors (Lipinski definition) is 3. The van der Waals surface area contributed by atoms with Crippen molar-refractivity contribution in [3.63, 3.8) is 0 Å². The highest BCUT2D eigenvalue weighted by atomic mass is 15.1. The Bertz CT molecular complexity index is 430. The maximum absolute atomic E-state index is 5.94. The number of hydrogen-bond donors (Lipinski definition) is 2. The zero-order valence-electron chi connectivity index (χ0n) is 15.1. The molecule has 0 aromatic carbocycles. The van der Waals surface area contributed by atoms with E-state index in [9.17, 15) is 0 Å². The van der Waals surface area contributed by atoms with Gasteiger partial charge in [0.2, 0.25) is 0 Å². The topological polar surface area (TPSA) is 41.3 Å². The molecule has 0 spiro atoms. The normalized spacial score (nSPS) is 18.7. The lowest BCUT2D eigenvalue weighted by Gasteiger charge is -2.34. The minimum Gasteiger partial charge on any atom is -0.384 e. The number of nitrogens with zero attached hydrogens (tertiary/aromatic N) is 1. The fourth-order valence-corrected chi connectivity index (χ4v) is 3.14. The molecule has 130 valence electrons. The van der Waals surface area contributed by atoms with Crippen LogP contribution in [0.1, 0.15) is 46.0 Å². The van der Waals surface area contributed by atoms with E-state index in [0.717, 1.165) is 38.5 Å². The van der Waals surface area contributed by atoms with Crippen molar-refractivity contribution in [1.29, 1.82) is 0 Å². The molecule has 2 aliphatic carbocycles. The number of nitrogens with two attached hydrogens (primary N) is 1. The molecule has 23 heavy (non-hydrogen) atoms. The van der Waals surface area contributed by atoms with E-state index in [4.69, 9.17) is 5.73 Å². The standard InChI is InChI=1S/C20H35N3/c1-20(2,16-21)17-23(14-12-18-8-7-9-18)15-13-22-19-10-5-3-4-6-11-19/h3,5-6,10-11,18,22H,4,7-9,12-17,21H2,1-2H3. The second-order valence-electron chi connectivity index (χ2n) is 7.85. The lowest BCUT2D eigenvalue weighted by atomic mass is 9.83. The average Bonchev–Trinajstić information content (AvgIpc) is 2.74. The predicted molar refractivity (Wildman–Crippen MR) is 100 cm³/mol. The van der Waals surface area contributed by atoms with Crippen molar-refractivity contribution in [3.8, 4) is 0 Å². The Morgan fingerprint density at radius 2 is 2.09 bits per heavy atom. The first-order valence-electron chi connectivity index (χ1n) is 9.29. The van der Waals surface area contributed by atoms with Gasteiger partial charge in [0.25, 0.3) is 0 Å². The SMILES string of the molecule is CC(C)(CN)CN(CCNC1=CC=CCC=C1)CCC1CCC1. The summed E-state index contributed by atoms with van der Waals surface area (Å²) in [6.07, 6.45) is 17.6. The summed E-state index contributed by atoms with van der Waals surface area (Å²) < 4.78 is 0. The molecule has 2 aliphatic rings. The molecular formula is C20H35N3. The van der Waals surface area contributed by atoms with Gasteiger partial charge in [0.15, 0.2) is 0 Å². The monoisotopic (exact) mass is 317 g/mol. The first-order valence-corrected chi connectivity index (χ1v) is 9.29. The van der Waals surface area contributed by atoms with Crippen molar-refractivity contribution in [3.05, 3.63) is 36.1 Å². The first kappa shape index (κ1) is 18.3. The predicted octanol–water partition coefficient (Wildman–Crippen LogP) is 3.45. The van der Waals surface area contributed by atoms with E-state index in [-0.39, 0.29) is 5.41 Å². The molecule has 0 heterocycles. The molecular weight excluding hydrogens is 282 g/mol.